The molecule has 0 aromatic carbocycles. The van der Waals surface area contributed by atoms with Gasteiger partial charge in [-0.2, -0.15) is 4.57 Å². The van der Waals surface area contributed by atoms with Crippen molar-refractivity contribution in [2.45, 2.75) is 49.1 Å². The predicted octanol–water partition coefficient (Wildman–Crippen LogP) is -6.62. The molecular formula is C21H27N7NaO16P3S. The second kappa shape index (κ2) is 15.7. The van der Waals surface area contributed by atoms with Crippen molar-refractivity contribution in [1.82, 2.24) is 19.5 Å². The quantitative estimate of drug-likeness (QED) is 0.0367. The van der Waals surface area contributed by atoms with E-state index in [4.69, 9.17) is 33.2 Å². The van der Waals surface area contributed by atoms with Crippen molar-refractivity contribution in [2.75, 3.05) is 18.9 Å². The van der Waals surface area contributed by atoms with Gasteiger partial charge >= 0.3 is 37.4 Å². The molecule has 11 atom stereocenters. The number of rotatable bonds is 13. The number of nitrogens with zero attached hydrogens (tertiary/aromatic N) is 5. The van der Waals surface area contributed by atoms with Gasteiger partial charge in [0.1, 0.15) is 47.4 Å². The number of phosphoric acid groups is 3. The maximum absolute atomic E-state index is 12.5. The van der Waals surface area contributed by atoms with Crippen LogP contribution in [0.15, 0.2) is 37.2 Å². The van der Waals surface area contributed by atoms with Crippen molar-refractivity contribution in [3.05, 3.63) is 42.7 Å². The molecular weight excluding hydrogens is 754 g/mol. The standard InChI is InChI=1S/C21H28N7O16P3S.Na/c22-17-12-19(25-7-24-17)28(8-26-12)21-16(43-45(32,33)34)14(30)11(42-21)6-40-47(37,38)44-46(35,36)39-5-10-13(29)15(31)20(41-10)27-3-1-2-9(4-27)18(23)48;/h1-4,7-8,10-11,13-16,20-21,29-31H,5-6H2,(H7-,22,23,24,25,32,33,34,35,36,37,38,48);/q;+1/p-1/t10-,11-,13-,14-,15-,16-,20-,21-;/m1./s1. The summed E-state index contributed by atoms with van der Waals surface area (Å²) in [6, 6.07) is 3.11. The molecule has 28 heteroatoms. The van der Waals surface area contributed by atoms with Gasteiger partial charge in [-0.3, -0.25) is 18.2 Å². The number of anilines is 1. The Morgan fingerprint density at radius 3 is 2.39 bits per heavy atom. The fourth-order valence-corrected chi connectivity index (χ4v) is 7.53. The van der Waals surface area contributed by atoms with Gasteiger partial charge in [0.15, 0.2) is 36.2 Å². The van der Waals surface area contributed by atoms with Gasteiger partial charge in [-0.25, -0.2) is 23.8 Å². The number of hydrogen-bond donors (Lipinski definition) is 7. The smallest absolute Gasteiger partial charge is 0.756 e. The van der Waals surface area contributed by atoms with Crippen LogP contribution in [0.4, 0.5) is 5.82 Å². The van der Waals surface area contributed by atoms with E-state index in [-0.39, 0.29) is 51.5 Å². The third kappa shape index (κ3) is 9.52. The van der Waals surface area contributed by atoms with Crippen LogP contribution in [0, 0.1) is 0 Å². The van der Waals surface area contributed by atoms with Crippen LogP contribution >= 0.6 is 35.7 Å². The Morgan fingerprint density at radius 2 is 1.71 bits per heavy atom. The first kappa shape index (κ1) is 40.3. The van der Waals surface area contributed by atoms with Crippen LogP contribution in [0.3, 0.4) is 0 Å². The van der Waals surface area contributed by atoms with Crippen molar-refractivity contribution >= 4 is 57.7 Å². The second-order valence-electron chi connectivity index (χ2n) is 10.2. The number of aliphatic hydroxyl groups is 3. The number of pyridine rings is 1. The average molecular weight is 781 g/mol. The number of thiocarbonyl (C=S) groups is 1. The molecule has 0 amide bonds. The Labute approximate surface area is 302 Å². The number of aliphatic hydroxyl groups excluding tert-OH is 3. The predicted molar refractivity (Wildman–Crippen MR) is 153 cm³/mol. The molecule has 2 aliphatic heterocycles. The summed E-state index contributed by atoms with van der Waals surface area (Å²) in [7, 11) is -16.8. The maximum Gasteiger partial charge on any atom is 1.00 e. The van der Waals surface area contributed by atoms with E-state index in [9.17, 15) is 48.6 Å². The van der Waals surface area contributed by atoms with Crippen LogP contribution < -0.4 is 55.4 Å². The Hall–Kier alpha value is -1.44. The monoisotopic (exact) mass is 781 g/mol. The fourth-order valence-electron chi connectivity index (χ4n) is 4.82. The van der Waals surface area contributed by atoms with Gasteiger partial charge in [-0.1, -0.05) is 12.2 Å². The number of fused-ring (bicyclic) bond motifs is 1. The summed E-state index contributed by atoms with van der Waals surface area (Å²) in [5.41, 5.74) is 11.8. The zero-order chi connectivity index (χ0) is 35.2. The molecule has 0 spiro atoms. The van der Waals surface area contributed by atoms with E-state index in [1.165, 1.54) is 23.0 Å². The number of aromatic nitrogens is 5. The topological polar surface area (TPSA) is 353 Å². The van der Waals surface area contributed by atoms with E-state index >= 15 is 0 Å². The summed E-state index contributed by atoms with van der Waals surface area (Å²) in [5, 5.41) is 31.5. The Balaban J connectivity index is 0.00000541. The molecule has 2 aliphatic rings. The van der Waals surface area contributed by atoms with Crippen LogP contribution in [-0.2, 0) is 41.1 Å². The molecule has 49 heavy (non-hydrogen) atoms. The van der Waals surface area contributed by atoms with Crippen molar-refractivity contribution in [2.24, 2.45) is 5.73 Å². The number of nitrogens with two attached hydrogens (primary N) is 2. The number of imidazole rings is 1. The van der Waals surface area contributed by atoms with Gasteiger partial charge in [0.2, 0.25) is 0 Å². The maximum atomic E-state index is 12.5. The number of phosphoric ester groups is 3. The molecule has 5 rings (SSSR count). The third-order valence-corrected chi connectivity index (χ3v) is 10.3. The van der Waals surface area contributed by atoms with Crippen LogP contribution in [0.5, 0.6) is 0 Å². The number of ether oxygens (including phenoxy) is 2. The molecule has 2 saturated heterocycles. The van der Waals surface area contributed by atoms with E-state index in [0.29, 0.717) is 5.56 Å². The fraction of sp³-hybridized carbons (Fsp3) is 0.476. The van der Waals surface area contributed by atoms with Gasteiger partial charge in [0.05, 0.1) is 25.1 Å². The van der Waals surface area contributed by atoms with Crippen LogP contribution in [0.1, 0.15) is 18.0 Å². The summed E-state index contributed by atoms with van der Waals surface area (Å²) >= 11 is 4.91. The first-order chi connectivity index (χ1) is 22.4. The Bertz CT molecular complexity index is 1820. The summed E-state index contributed by atoms with van der Waals surface area (Å²) in [5.74, 6) is -0.0692. The second-order valence-corrected chi connectivity index (χ2v) is 14.8. The average Bonchev–Trinajstić information content (AvgIpc) is 3.64. The minimum absolute atomic E-state index is 0. The van der Waals surface area contributed by atoms with E-state index in [1.54, 1.807) is 6.07 Å². The first-order valence-electron chi connectivity index (χ1n) is 13.3. The van der Waals surface area contributed by atoms with Gasteiger partial charge in [0.25, 0.3) is 21.9 Å². The SMILES string of the molecule is NC(=S)c1ccc[n+]([C@@H]2O[C@H](COP(=O)([O-])OP(=O)(O)OC[C@H]3O[C@@H](n4cnc5c(N)ncnc54)[C@H](OP(=O)([O-])O)[C@@H]3O)[C@@H](O)[C@H]2O)c1.[Na+]. The molecule has 9 N–H and O–H groups in total. The summed E-state index contributed by atoms with van der Waals surface area (Å²) < 4.78 is 67.9. The third-order valence-electron chi connectivity index (χ3n) is 6.97. The van der Waals surface area contributed by atoms with Crippen molar-refractivity contribution < 1.29 is 110 Å². The molecule has 3 aromatic heterocycles. The molecule has 0 bridgehead atoms. The van der Waals surface area contributed by atoms with Crippen molar-refractivity contribution in [3.8, 4) is 0 Å². The number of hydrogen-bond acceptors (Lipinski definition) is 19. The molecule has 0 radical (unpaired) electrons. The molecule has 3 unspecified atom stereocenters. The number of nitrogen functional groups attached to an aromatic ring is 1. The zero-order valence-electron chi connectivity index (χ0n) is 24.9. The summed E-state index contributed by atoms with van der Waals surface area (Å²) in [6.45, 7) is -2.09. The largest absolute Gasteiger partial charge is 1.00 e. The Kier molecular flexibility index (Phi) is 12.9. The van der Waals surface area contributed by atoms with Crippen molar-refractivity contribution in [1.29, 1.82) is 0 Å². The first-order valence-corrected chi connectivity index (χ1v) is 18.2. The molecule has 0 aliphatic carbocycles. The molecule has 264 valence electrons. The zero-order valence-corrected chi connectivity index (χ0v) is 30.4. The van der Waals surface area contributed by atoms with E-state index in [1.807, 2.05) is 0 Å². The molecule has 5 heterocycles. The van der Waals surface area contributed by atoms with Gasteiger partial charge in [-0.05, 0) is 6.07 Å². The molecule has 2 fully saturated rings. The minimum atomic E-state index is -5.70. The van der Waals surface area contributed by atoms with Crippen LogP contribution in [0.2, 0.25) is 0 Å². The Morgan fingerprint density at radius 1 is 1.04 bits per heavy atom. The molecule has 23 nitrogen and oxygen atoms in total. The van der Waals surface area contributed by atoms with E-state index < -0.39 is 85.8 Å². The van der Waals surface area contributed by atoms with Gasteiger partial charge < -0.3 is 64.9 Å². The van der Waals surface area contributed by atoms with Gasteiger partial charge in [-0.15, -0.1) is 0 Å². The van der Waals surface area contributed by atoms with E-state index in [2.05, 4.69) is 32.8 Å². The normalized spacial score (nSPS) is 30.7. The van der Waals surface area contributed by atoms with E-state index in [0.717, 1.165) is 17.2 Å². The minimum Gasteiger partial charge on any atom is -0.756 e. The summed E-state index contributed by atoms with van der Waals surface area (Å²) in [6.07, 6.45) is -8.19. The molecule has 0 saturated carbocycles. The van der Waals surface area contributed by atoms with Crippen molar-refractivity contribution in [3.63, 3.8) is 0 Å². The molecule has 3 aromatic rings. The van der Waals surface area contributed by atoms with Gasteiger partial charge in [0, 0.05) is 6.07 Å². The van der Waals surface area contributed by atoms with Crippen LogP contribution in [-0.4, -0.2) is 99.5 Å². The summed E-state index contributed by atoms with van der Waals surface area (Å²) in [4.78, 5) is 55.0. The van der Waals surface area contributed by atoms with Crippen LogP contribution in [0.25, 0.3) is 11.2 Å².